The van der Waals surface area contributed by atoms with Gasteiger partial charge in [0.05, 0.1) is 18.3 Å². The number of nitriles is 1. The smallest absolute Gasteiger partial charge is 0.224 e. The lowest BCUT2D eigenvalue weighted by atomic mass is 9.87. The van der Waals surface area contributed by atoms with Crippen molar-refractivity contribution in [2.75, 3.05) is 4.90 Å². The molecular weight excluding hydrogens is 284 g/mol. The van der Waals surface area contributed by atoms with E-state index in [-0.39, 0.29) is 5.91 Å². The topological polar surface area (TPSA) is 44.1 Å². The molecule has 1 amide bonds. The van der Waals surface area contributed by atoms with Crippen LogP contribution < -0.4 is 4.90 Å². The van der Waals surface area contributed by atoms with Crippen LogP contribution in [-0.4, -0.2) is 5.91 Å². The molecule has 0 atom stereocenters. The highest BCUT2D eigenvalue weighted by atomic mass is 16.2. The van der Waals surface area contributed by atoms with E-state index in [9.17, 15) is 4.79 Å². The van der Waals surface area contributed by atoms with Crippen LogP contribution in [0.25, 0.3) is 11.1 Å². The molecule has 0 saturated heterocycles. The summed E-state index contributed by atoms with van der Waals surface area (Å²) in [7, 11) is 0. The Balaban J connectivity index is 2.07. The lowest BCUT2D eigenvalue weighted by Crippen LogP contribution is -2.31. The molecule has 1 aliphatic rings. The molecular formula is C20H20N2O. The van der Waals surface area contributed by atoms with Gasteiger partial charge in [-0.15, -0.1) is 0 Å². The predicted octanol–water partition coefficient (Wildman–Crippen LogP) is 4.37. The molecule has 0 bridgehead atoms. The molecule has 116 valence electrons. The van der Waals surface area contributed by atoms with Gasteiger partial charge in [-0.25, -0.2) is 0 Å². The van der Waals surface area contributed by atoms with E-state index in [0.717, 1.165) is 24.1 Å². The van der Waals surface area contributed by atoms with E-state index in [1.165, 1.54) is 22.3 Å². The molecule has 0 fully saturated rings. The van der Waals surface area contributed by atoms with Crippen LogP contribution in [0.5, 0.6) is 0 Å². The third kappa shape index (κ3) is 2.73. The Bertz CT molecular complexity index is 802. The molecule has 3 rings (SSSR count). The van der Waals surface area contributed by atoms with Gasteiger partial charge in [-0.05, 0) is 48.1 Å². The molecule has 0 radical (unpaired) electrons. The van der Waals surface area contributed by atoms with Gasteiger partial charge in [0.15, 0.2) is 0 Å². The molecule has 2 aromatic carbocycles. The fourth-order valence-electron chi connectivity index (χ4n) is 3.35. The van der Waals surface area contributed by atoms with Crippen molar-refractivity contribution in [2.45, 2.75) is 39.7 Å². The SMILES string of the molecule is CC(=O)N1Cc2c(ccc(CCCC#N)c2C)-c2ccccc21. The largest absolute Gasteiger partial charge is 0.308 e. The predicted molar refractivity (Wildman–Crippen MR) is 92.0 cm³/mol. The van der Waals surface area contributed by atoms with Crippen molar-refractivity contribution in [3.05, 3.63) is 53.1 Å². The Morgan fingerprint density at radius 3 is 2.74 bits per heavy atom. The van der Waals surface area contributed by atoms with Crippen molar-refractivity contribution in [1.82, 2.24) is 0 Å². The van der Waals surface area contributed by atoms with E-state index in [1.54, 1.807) is 6.92 Å². The number of benzene rings is 2. The van der Waals surface area contributed by atoms with E-state index in [1.807, 2.05) is 23.1 Å². The quantitative estimate of drug-likeness (QED) is 0.790. The van der Waals surface area contributed by atoms with Gasteiger partial charge in [0.2, 0.25) is 5.91 Å². The number of fused-ring (bicyclic) bond motifs is 3. The number of carbonyl (C=O) groups excluding carboxylic acids is 1. The molecule has 0 aliphatic carbocycles. The highest BCUT2D eigenvalue weighted by molar-refractivity contribution is 5.99. The molecule has 1 aliphatic heterocycles. The molecule has 23 heavy (non-hydrogen) atoms. The molecule has 2 aromatic rings. The van der Waals surface area contributed by atoms with Gasteiger partial charge < -0.3 is 4.90 Å². The number of hydrogen-bond acceptors (Lipinski definition) is 2. The van der Waals surface area contributed by atoms with Crippen molar-refractivity contribution < 1.29 is 4.79 Å². The number of aryl methyl sites for hydroxylation is 1. The Kier molecular flexibility index (Phi) is 4.16. The molecule has 0 N–H and O–H groups in total. The van der Waals surface area contributed by atoms with Crippen LogP contribution in [0.2, 0.25) is 0 Å². The summed E-state index contributed by atoms with van der Waals surface area (Å²) in [5.74, 6) is 0.0670. The normalized spacial score (nSPS) is 12.3. The number of amides is 1. The summed E-state index contributed by atoms with van der Waals surface area (Å²) in [6.07, 6.45) is 2.37. The number of anilines is 1. The first-order valence-electron chi connectivity index (χ1n) is 7.99. The Morgan fingerprint density at radius 1 is 1.22 bits per heavy atom. The Labute approximate surface area is 137 Å². The van der Waals surface area contributed by atoms with Gasteiger partial charge in [0.25, 0.3) is 0 Å². The Hall–Kier alpha value is -2.60. The first-order chi connectivity index (χ1) is 11.1. The minimum atomic E-state index is 0.0670. The van der Waals surface area contributed by atoms with E-state index >= 15 is 0 Å². The van der Waals surface area contributed by atoms with Crippen LogP contribution in [0, 0.1) is 18.3 Å². The lowest BCUT2D eigenvalue weighted by Gasteiger charge is -2.32. The minimum absolute atomic E-state index is 0.0670. The molecule has 0 spiro atoms. The second-order valence-corrected chi connectivity index (χ2v) is 6.01. The summed E-state index contributed by atoms with van der Waals surface area (Å²) in [6, 6.07) is 14.6. The fraction of sp³-hybridized carbons (Fsp3) is 0.300. The monoisotopic (exact) mass is 304 g/mol. The number of carbonyl (C=O) groups is 1. The maximum Gasteiger partial charge on any atom is 0.224 e. The zero-order valence-corrected chi connectivity index (χ0v) is 13.6. The summed E-state index contributed by atoms with van der Waals surface area (Å²) in [6.45, 7) is 4.38. The summed E-state index contributed by atoms with van der Waals surface area (Å²) in [5.41, 5.74) is 7.09. The lowest BCUT2D eigenvalue weighted by molar-refractivity contribution is -0.116. The maximum absolute atomic E-state index is 12.1. The molecule has 1 heterocycles. The van der Waals surface area contributed by atoms with E-state index in [0.29, 0.717) is 13.0 Å². The van der Waals surface area contributed by atoms with Crippen LogP contribution in [0.3, 0.4) is 0 Å². The van der Waals surface area contributed by atoms with Gasteiger partial charge >= 0.3 is 0 Å². The number of rotatable bonds is 3. The zero-order chi connectivity index (χ0) is 16.4. The zero-order valence-electron chi connectivity index (χ0n) is 13.6. The standard InChI is InChI=1S/C20H20N2O/c1-14-16(7-5-6-12-21)10-11-17-18-8-3-4-9-20(18)22(15(2)23)13-19(14)17/h3-4,8-11H,5-7,13H2,1-2H3. The highest BCUT2D eigenvalue weighted by Gasteiger charge is 2.25. The van der Waals surface area contributed by atoms with Crippen molar-refractivity contribution in [2.24, 2.45) is 0 Å². The maximum atomic E-state index is 12.1. The average Bonchev–Trinajstić information content (AvgIpc) is 2.56. The van der Waals surface area contributed by atoms with E-state index in [2.05, 4.69) is 31.2 Å². The van der Waals surface area contributed by atoms with Crippen molar-refractivity contribution in [3.63, 3.8) is 0 Å². The summed E-state index contributed by atoms with van der Waals surface area (Å²) >= 11 is 0. The first-order valence-corrected chi connectivity index (χ1v) is 7.99. The highest BCUT2D eigenvalue weighted by Crippen LogP contribution is 2.41. The fourth-order valence-corrected chi connectivity index (χ4v) is 3.35. The molecule has 3 nitrogen and oxygen atoms in total. The summed E-state index contributed by atoms with van der Waals surface area (Å²) in [5, 5.41) is 8.72. The first kappa shape index (κ1) is 15.3. The number of nitrogens with zero attached hydrogens (tertiary/aromatic N) is 2. The van der Waals surface area contributed by atoms with Gasteiger partial charge in [0.1, 0.15) is 0 Å². The van der Waals surface area contributed by atoms with Crippen molar-refractivity contribution in [3.8, 4) is 17.2 Å². The van der Waals surface area contributed by atoms with Crippen molar-refractivity contribution in [1.29, 1.82) is 5.26 Å². The van der Waals surface area contributed by atoms with Crippen LogP contribution in [-0.2, 0) is 17.8 Å². The minimum Gasteiger partial charge on any atom is -0.308 e. The molecule has 3 heteroatoms. The van der Waals surface area contributed by atoms with Gasteiger partial charge in [0, 0.05) is 18.9 Å². The number of unbranched alkanes of at least 4 members (excludes halogenated alkanes) is 1. The van der Waals surface area contributed by atoms with Crippen molar-refractivity contribution >= 4 is 11.6 Å². The molecule has 0 unspecified atom stereocenters. The van der Waals surface area contributed by atoms with Crippen LogP contribution in [0.4, 0.5) is 5.69 Å². The number of hydrogen-bond donors (Lipinski definition) is 0. The molecule has 0 aromatic heterocycles. The van der Waals surface area contributed by atoms with Gasteiger partial charge in [-0.2, -0.15) is 5.26 Å². The summed E-state index contributed by atoms with van der Waals surface area (Å²) in [4.78, 5) is 13.9. The molecule has 0 saturated carbocycles. The third-order valence-corrected chi connectivity index (χ3v) is 4.63. The van der Waals surface area contributed by atoms with Crippen LogP contribution in [0.1, 0.15) is 36.5 Å². The van der Waals surface area contributed by atoms with Gasteiger partial charge in [-0.1, -0.05) is 30.3 Å². The Morgan fingerprint density at radius 2 is 2.00 bits per heavy atom. The van der Waals surface area contributed by atoms with Crippen LogP contribution >= 0.6 is 0 Å². The van der Waals surface area contributed by atoms with E-state index in [4.69, 9.17) is 5.26 Å². The summed E-state index contributed by atoms with van der Waals surface area (Å²) < 4.78 is 0. The van der Waals surface area contributed by atoms with E-state index < -0.39 is 0 Å². The average molecular weight is 304 g/mol. The second-order valence-electron chi connectivity index (χ2n) is 6.01. The second kappa shape index (κ2) is 6.26. The van der Waals surface area contributed by atoms with Crippen LogP contribution in [0.15, 0.2) is 36.4 Å². The third-order valence-electron chi connectivity index (χ3n) is 4.63. The number of para-hydroxylation sites is 1. The van der Waals surface area contributed by atoms with Gasteiger partial charge in [-0.3, -0.25) is 4.79 Å².